The second-order valence-corrected chi connectivity index (χ2v) is 7.14. The summed E-state index contributed by atoms with van der Waals surface area (Å²) in [4.78, 5) is 25.7. The van der Waals surface area contributed by atoms with E-state index in [0.717, 1.165) is 0 Å². The predicted octanol–water partition coefficient (Wildman–Crippen LogP) is 4.71. The fraction of sp³-hybridized carbons (Fsp3) is 0.154. The third-order valence-corrected chi connectivity index (χ3v) is 5.25. The van der Waals surface area contributed by atoms with E-state index in [4.69, 9.17) is 28.1 Å². The summed E-state index contributed by atoms with van der Waals surface area (Å²) in [6.45, 7) is 0. The lowest BCUT2D eigenvalue weighted by Crippen LogP contribution is -2.12. The zero-order valence-electron chi connectivity index (χ0n) is 19.0. The molecule has 0 aliphatic heterocycles. The Morgan fingerprint density at radius 3 is 2.03 bits per heavy atom. The number of methoxy groups -OCH3 is 4. The highest BCUT2D eigenvalue weighted by Gasteiger charge is 2.21. The standard InChI is InChI=1S/C26H22O8/c1-29-16-10-11-20(30-2)18(13-16)19-12-15-8-9-17(14-23(15)34-25(19)27)33-26(28)24-21(31-3)6-5-7-22(24)32-4/h5-14H,1-4H3. The number of ether oxygens (including phenoxy) is 5. The molecule has 0 spiro atoms. The van der Waals surface area contributed by atoms with Gasteiger partial charge in [0.1, 0.15) is 39.9 Å². The Balaban J connectivity index is 1.71. The summed E-state index contributed by atoms with van der Waals surface area (Å²) in [5, 5.41) is 0.633. The molecule has 8 nitrogen and oxygen atoms in total. The predicted molar refractivity (Wildman–Crippen MR) is 126 cm³/mol. The molecule has 0 saturated heterocycles. The lowest BCUT2D eigenvalue weighted by molar-refractivity contribution is 0.0727. The molecule has 4 aromatic rings. The molecule has 3 aromatic carbocycles. The zero-order chi connectivity index (χ0) is 24.2. The molecule has 0 aliphatic carbocycles. The van der Waals surface area contributed by atoms with E-state index in [9.17, 15) is 9.59 Å². The van der Waals surface area contributed by atoms with Gasteiger partial charge in [-0.3, -0.25) is 0 Å². The van der Waals surface area contributed by atoms with E-state index < -0.39 is 11.6 Å². The normalized spacial score (nSPS) is 10.6. The Labute approximate surface area is 195 Å². The van der Waals surface area contributed by atoms with Gasteiger partial charge in [-0.25, -0.2) is 9.59 Å². The maximum atomic E-state index is 12.8. The van der Waals surface area contributed by atoms with E-state index in [1.165, 1.54) is 34.5 Å². The molecule has 0 radical (unpaired) electrons. The first-order valence-corrected chi connectivity index (χ1v) is 10.2. The number of hydrogen-bond acceptors (Lipinski definition) is 8. The molecule has 0 bridgehead atoms. The molecule has 1 heterocycles. The van der Waals surface area contributed by atoms with Crippen molar-refractivity contribution in [3.05, 3.63) is 76.6 Å². The second-order valence-electron chi connectivity index (χ2n) is 7.14. The van der Waals surface area contributed by atoms with Crippen LogP contribution in [0.5, 0.6) is 28.7 Å². The number of hydrogen-bond donors (Lipinski definition) is 0. The molecular formula is C26H22O8. The molecule has 0 aliphatic rings. The van der Waals surface area contributed by atoms with Crippen LogP contribution in [0.15, 0.2) is 69.9 Å². The number of benzene rings is 3. The van der Waals surface area contributed by atoms with Gasteiger partial charge in [0.15, 0.2) is 0 Å². The van der Waals surface area contributed by atoms with E-state index in [2.05, 4.69) is 0 Å². The fourth-order valence-electron chi connectivity index (χ4n) is 3.58. The van der Waals surface area contributed by atoms with Gasteiger partial charge in [-0.05, 0) is 48.5 Å². The summed E-state index contributed by atoms with van der Waals surface area (Å²) in [5.74, 6) is 1.23. The maximum Gasteiger partial charge on any atom is 0.351 e. The van der Waals surface area contributed by atoms with Crippen LogP contribution in [-0.2, 0) is 0 Å². The minimum atomic E-state index is -0.672. The third-order valence-electron chi connectivity index (χ3n) is 5.25. The van der Waals surface area contributed by atoms with Gasteiger partial charge in [0.2, 0.25) is 0 Å². The number of esters is 1. The lowest BCUT2D eigenvalue weighted by atomic mass is 10.0. The van der Waals surface area contributed by atoms with Crippen LogP contribution in [0.2, 0.25) is 0 Å². The van der Waals surface area contributed by atoms with Crippen molar-refractivity contribution in [3.8, 4) is 39.9 Å². The summed E-state index contributed by atoms with van der Waals surface area (Å²) in [6, 6.07) is 16.6. The van der Waals surface area contributed by atoms with Crippen LogP contribution in [0, 0.1) is 0 Å². The molecule has 0 saturated carbocycles. The van der Waals surface area contributed by atoms with E-state index in [-0.39, 0.29) is 16.9 Å². The van der Waals surface area contributed by atoms with Gasteiger partial charge in [-0.15, -0.1) is 0 Å². The van der Waals surface area contributed by atoms with Crippen molar-refractivity contribution in [2.75, 3.05) is 28.4 Å². The van der Waals surface area contributed by atoms with Crippen LogP contribution in [0.25, 0.3) is 22.1 Å². The SMILES string of the molecule is COc1ccc(OC)c(-c2cc3ccc(OC(=O)c4c(OC)cccc4OC)cc3oc2=O)c1. The van der Waals surface area contributed by atoms with Gasteiger partial charge in [0.05, 0.1) is 34.0 Å². The van der Waals surface area contributed by atoms with Crippen molar-refractivity contribution in [2.45, 2.75) is 0 Å². The average Bonchev–Trinajstić information content (AvgIpc) is 2.87. The third kappa shape index (κ3) is 4.25. The topological polar surface area (TPSA) is 93.4 Å². The highest BCUT2D eigenvalue weighted by molar-refractivity contribution is 5.97. The molecule has 0 atom stereocenters. The van der Waals surface area contributed by atoms with Crippen LogP contribution >= 0.6 is 0 Å². The minimum absolute atomic E-state index is 0.148. The van der Waals surface area contributed by atoms with Gasteiger partial charge in [0.25, 0.3) is 0 Å². The van der Waals surface area contributed by atoms with E-state index in [1.54, 1.807) is 54.6 Å². The van der Waals surface area contributed by atoms with Gasteiger partial charge < -0.3 is 28.1 Å². The molecular weight excluding hydrogens is 440 g/mol. The van der Waals surface area contributed by atoms with Crippen LogP contribution in [0.4, 0.5) is 0 Å². The summed E-state index contributed by atoms with van der Waals surface area (Å²) in [5.41, 5.74) is 0.680. The highest BCUT2D eigenvalue weighted by Crippen LogP contribution is 2.34. The van der Waals surface area contributed by atoms with Crippen molar-refractivity contribution < 1.29 is 32.9 Å². The maximum absolute atomic E-state index is 12.8. The molecule has 4 rings (SSSR count). The molecule has 174 valence electrons. The van der Waals surface area contributed by atoms with Crippen LogP contribution in [0.1, 0.15) is 10.4 Å². The van der Waals surface area contributed by atoms with Crippen molar-refractivity contribution >= 4 is 16.9 Å². The van der Waals surface area contributed by atoms with Gasteiger partial charge in [0, 0.05) is 17.0 Å². The van der Waals surface area contributed by atoms with Gasteiger partial charge in [-0.1, -0.05) is 6.07 Å². The number of rotatable bonds is 7. The molecule has 0 fully saturated rings. The highest BCUT2D eigenvalue weighted by atomic mass is 16.5. The first kappa shape index (κ1) is 22.7. The molecule has 8 heteroatoms. The number of carbonyl (C=O) groups is 1. The monoisotopic (exact) mass is 462 g/mol. The Bertz CT molecular complexity index is 1400. The second kappa shape index (κ2) is 9.58. The van der Waals surface area contributed by atoms with Crippen molar-refractivity contribution in [1.29, 1.82) is 0 Å². The first-order chi connectivity index (χ1) is 16.5. The largest absolute Gasteiger partial charge is 0.497 e. The molecule has 0 unspecified atom stereocenters. The molecule has 1 aromatic heterocycles. The van der Waals surface area contributed by atoms with Crippen molar-refractivity contribution in [3.63, 3.8) is 0 Å². The number of carbonyl (C=O) groups excluding carboxylic acids is 1. The molecule has 34 heavy (non-hydrogen) atoms. The average molecular weight is 462 g/mol. The summed E-state index contributed by atoms with van der Waals surface area (Å²) < 4.78 is 32.3. The van der Waals surface area contributed by atoms with Crippen LogP contribution in [0.3, 0.4) is 0 Å². The zero-order valence-corrected chi connectivity index (χ0v) is 19.0. The summed E-state index contributed by atoms with van der Waals surface area (Å²) in [6.07, 6.45) is 0. The van der Waals surface area contributed by atoms with Crippen molar-refractivity contribution in [2.24, 2.45) is 0 Å². The minimum Gasteiger partial charge on any atom is -0.497 e. The Hall–Kier alpha value is -4.46. The van der Waals surface area contributed by atoms with Crippen LogP contribution in [-0.4, -0.2) is 34.4 Å². The van der Waals surface area contributed by atoms with Crippen molar-refractivity contribution in [1.82, 2.24) is 0 Å². The Morgan fingerprint density at radius 2 is 1.38 bits per heavy atom. The molecule has 0 amide bonds. The van der Waals surface area contributed by atoms with Crippen LogP contribution < -0.4 is 29.3 Å². The summed E-state index contributed by atoms with van der Waals surface area (Å²) in [7, 11) is 5.96. The first-order valence-electron chi connectivity index (χ1n) is 10.2. The van der Waals surface area contributed by atoms with E-state index in [0.29, 0.717) is 39.5 Å². The van der Waals surface area contributed by atoms with E-state index in [1.807, 2.05) is 0 Å². The Kier molecular flexibility index (Phi) is 6.40. The van der Waals surface area contributed by atoms with Gasteiger partial charge >= 0.3 is 11.6 Å². The fourth-order valence-corrected chi connectivity index (χ4v) is 3.58. The summed E-state index contributed by atoms with van der Waals surface area (Å²) >= 11 is 0. The lowest BCUT2D eigenvalue weighted by Gasteiger charge is -2.12. The smallest absolute Gasteiger partial charge is 0.351 e. The van der Waals surface area contributed by atoms with Gasteiger partial charge in [-0.2, -0.15) is 0 Å². The molecule has 0 N–H and O–H groups in total. The number of fused-ring (bicyclic) bond motifs is 1. The van der Waals surface area contributed by atoms with E-state index >= 15 is 0 Å². The Morgan fingerprint density at radius 1 is 0.706 bits per heavy atom. The quantitative estimate of drug-likeness (QED) is 0.221.